The number of aryl methyl sites for hydroxylation is 2. The summed E-state index contributed by atoms with van der Waals surface area (Å²) in [6.07, 6.45) is 3.79. The highest BCUT2D eigenvalue weighted by Crippen LogP contribution is 2.20. The van der Waals surface area contributed by atoms with E-state index >= 15 is 0 Å². The predicted molar refractivity (Wildman–Crippen MR) is 140 cm³/mol. The molecule has 0 aliphatic carbocycles. The number of Topliss-reactive ketones (excluding diaryl/α,β-unsaturated/α-hetero) is 1. The largest absolute Gasteiger partial charge is 0.456 e. The SMILES string of the molecule is CCc1ccc(C(=O)COC(=O)C(Cc2c[nH]c3ccccc23)NC(=O)c2ccc(CC)cc2)cc1. The van der Waals surface area contributed by atoms with E-state index in [1.165, 1.54) is 0 Å². The average molecular weight is 483 g/mol. The van der Waals surface area contributed by atoms with Crippen LogP contribution in [-0.4, -0.2) is 35.3 Å². The van der Waals surface area contributed by atoms with Crippen LogP contribution in [0.4, 0.5) is 0 Å². The third-order valence-corrected chi connectivity index (χ3v) is 6.34. The van der Waals surface area contributed by atoms with Gasteiger partial charge in [-0.25, -0.2) is 4.79 Å². The van der Waals surface area contributed by atoms with Gasteiger partial charge < -0.3 is 15.0 Å². The van der Waals surface area contributed by atoms with Crippen LogP contribution in [0.5, 0.6) is 0 Å². The molecule has 6 nitrogen and oxygen atoms in total. The molecule has 6 heteroatoms. The fraction of sp³-hybridized carbons (Fsp3) is 0.233. The molecule has 184 valence electrons. The molecule has 2 N–H and O–H groups in total. The number of amides is 1. The Morgan fingerprint density at radius 2 is 1.44 bits per heavy atom. The molecule has 1 unspecified atom stereocenters. The first-order valence-electron chi connectivity index (χ1n) is 12.2. The summed E-state index contributed by atoms with van der Waals surface area (Å²) in [7, 11) is 0. The number of ether oxygens (including phenoxy) is 1. The molecule has 4 aromatic rings. The number of carbonyl (C=O) groups excluding carboxylic acids is 3. The molecule has 4 rings (SSSR count). The molecule has 1 heterocycles. The third-order valence-electron chi connectivity index (χ3n) is 6.34. The average Bonchev–Trinajstić information content (AvgIpc) is 3.34. The number of ketones is 1. The van der Waals surface area contributed by atoms with E-state index in [1.54, 1.807) is 24.3 Å². The van der Waals surface area contributed by atoms with E-state index in [9.17, 15) is 14.4 Å². The van der Waals surface area contributed by atoms with E-state index in [2.05, 4.69) is 10.3 Å². The standard InChI is InChI=1S/C30H30N2O4/c1-3-20-9-13-22(14-10-20)28(33)19-36-30(35)27(17-24-18-31-26-8-6-5-7-25(24)26)32-29(34)23-15-11-21(4-2)12-16-23/h5-16,18,27,31H,3-4,17,19H2,1-2H3,(H,32,34). The van der Waals surface area contributed by atoms with Gasteiger partial charge in [0.05, 0.1) is 0 Å². The second-order valence-electron chi connectivity index (χ2n) is 8.72. The fourth-order valence-corrected chi connectivity index (χ4v) is 4.09. The van der Waals surface area contributed by atoms with Gasteiger partial charge in [0.1, 0.15) is 6.04 Å². The quantitative estimate of drug-likeness (QED) is 0.244. The van der Waals surface area contributed by atoms with Crippen molar-refractivity contribution in [1.29, 1.82) is 0 Å². The number of aromatic amines is 1. The van der Waals surface area contributed by atoms with E-state index in [1.807, 2.05) is 68.6 Å². The maximum atomic E-state index is 13.1. The fourth-order valence-electron chi connectivity index (χ4n) is 4.09. The number of hydrogen-bond acceptors (Lipinski definition) is 4. The summed E-state index contributed by atoms with van der Waals surface area (Å²) < 4.78 is 5.40. The number of para-hydroxylation sites is 1. The topological polar surface area (TPSA) is 88.3 Å². The summed E-state index contributed by atoms with van der Waals surface area (Å²) in [4.78, 5) is 41.9. The first-order chi connectivity index (χ1) is 17.5. The lowest BCUT2D eigenvalue weighted by molar-refractivity contribution is -0.144. The van der Waals surface area contributed by atoms with Crippen LogP contribution in [-0.2, 0) is 28.8 Å². The second-order valence-corrected chi connectivity index (χ2v) is 8.72. The van der Waals surface area contributed by atoms with E-state index < -0.39 is 18.6 Å². The Morgan fingerprint density at radius 1 is 0.833 bits per heavy atom. The van der Waals surface area contributed by atoms with Gasteiger partial charge in [0.2, 0.25) is 0 Å². The van der Waals surface area contributed by atoms with Crippen LogP contribution in [0.2, 0.25) is 0 Å². The Balaban J connectivity index is 1.50. The van der Waals surface area contributed by atoms with Crippen LogP contribution < -0.4 is 5.32 Å². The first-order valence-corrected chi connectivity index (χ1v) is 12.2. The Morgan fingerprint density at radius 3 is 2.08 bits per heavy atom. The molecular weight excluding hydrogens is 452 g/mol. The van der Waals surface area contributed by atoms with Crippen LogP contribution in [0, 0.1) is 0 Å². The van der Waals surface area contributed by atoms with Gasteiger partial charge in [-0.3, -0.25) is 9.59 Å². The predicted octanol–water partition coefficient (Wildman–Crippen LogP) is 5.06. The molecule has 3 aromatic carbocycles. The summed E-state index contributed by atoms with van der Waals surface area (Å²) in [5, 5.41) is 3.78. The summed E-state index contributed by atoms with van der Waals surface area (Å²) in [5.41, 5.74) is 4.98. The molecule has 36 heavy (non-hydrogen) atoms. The zero-order chi connectivity index (χ0) is 25.5. The Bertz CT molecular complexity index is 1350. The van der Waals surface area contributed by atoms with Crippen molar-refractivity contribution in [2.45, 2.75) is 39.2 Å². The first kappa shape index (κ1) is 24.9. The molecule has 1 amide bonds. The van der Waals surface area contributed by atoms with Crippen LogP contribution >= 0.6 is 0 Å². The molecule has 0 saturated heterocycles. The van der Waals surface area contributed by atoms with Crippen molar-refractivity contribution in [3.8, 4) is 0 Å². The molecule has 0 saturated carbocycles. The summed E-state index contributed by atoms with van der Waals surface area (Å²) >= 11 is 0. The maximum absolute atomic E-state index is 13.1. The molecule has 0 aliphatic heterocycles. The minimum atomic E-state index is -0.960. The second kappa shape index (κ2) is 11.5. The molecule has 0 aliphatic rings. The maximum Gasteiger partial charge on any atom is 0.329 e. The van der Waals surface area contributed by atoms with Crippen LogP contribution in [0.1, 0.15) is 51.3 Å². The van der Waals surface area contributed by atoms with Gasteiger partial charge >= 0.3 is 5.97 Å². The molecule has 0 spiro atoms. The lowest BCUT2D eigenvalue weighted by atomic mass is 10.0. The van der Waals surface area contributed by atoms with Crippen LogP contribution in [0.25, 0.3) is 10.9 Å². The number of fused-ring (bicyclic) bond motifs is 1. The van der Waals surface area contributed by atoms with E-state index in [4.69, 9.17) is 4.74 Å². The molecule has 1 aromatic heterocycles. The van der Waals surface area contributed by atoms with Gasteiger partial charge in [-0.15, -0.1) is 0 Å². The number of H-pyrrole nitrogens is 1. The highest BCUT2D eigenvalue weighted by molar-refractivity contribution is 5.99. The third kappa shape index (κ3) is 5.89. The van der Waals surface area contributed by atoms with Gasteiger partial charge in [-0.2, -0.15) is 0 Å². The van der Waals surface area contributed by atoms with Gasteiger partial charge in [0, 0.05) is 34.6 Å². The molecular formula is C30H30N2O4. The van der Waals surface area contributed by atoms with Gasteiger partial charge in [-0.05, 0) is 47.7 Å². The number of rotatable bonds is 10. The summed E-state index contributed by atoms with van der Waals surface area (Å²) in [5.74, 6) is -1.32. The number of esters is 1. The van der Waals surface area contributed by atoms with Crippen molar-refractivity contribution in [3.63, 3.8) is 0 Å². The monoisotopic (exact) mass is 482 g/mol. The van der Waals surface area contributed by atoms with Crippen molar-refractivity contribution in [2.75, 3.05) is 6.61 Å². The van der Waals surface area contributed by atoms with E-state index in [-0.39, 0.29) is 18.1 Å². The van der Waals surface area contributed by atoms with Crippen LogP contribution in [0.15, 0.2) is 79.0 Å². The van der Waals surface area contributed by atoms with Gasteiger partial charge in [0.15, 0.2) is 12.4 Å². The Labute approximate surface area is 210 Å². The number of carbonyl (C=O) groups is 3. The highest BCUT2D eigenvalue weighted by atomic mass is 16.5. The number of hydrogen-bond donors (Lipinski definition) is 2. The number of nitrogens with one attached hydrogen (secondary N) is 2. The van der Waals surface area contributed by atoms with E-state index in [0.717, 1.165) is 40.4 Å². The van der Waals surface area contributed by atoms with Gasteiger partial charge in [-0.1, -0.05) is 68.4 Å². The number of benzene rings is 3. The van der Waals surface area contributed by atoms with Crippen molar-refractivity contribution in [2.24, 2.45) is 0 Å². The van der Waals surface area contributed by atoms with Crippen molar-refractivity contribution in [3.05, 3.63) is 107 Å². The van der Waals surface area contributed by atoms with E-state index in [0.29, 0.717) is 11.1 Å². The highest BCUT2D eigenvalue weighted by Gasteiger charge is 2.25. The minimum Gasteiger partial charge on any atom is -0.456 e. The van der Waals surface area contributed by atoms with Crippen molar-refractivity contribution in [1.82, 2.24) is 10.3 Å². The van der Waals surface area contributed by atoms with Crippen molar-refractivity contribution >= 4 is 28.6 Å². The minimum absolute atomic E-state index is 0.223. The molecule has 0 radical (unpaired) electrons. The molecule has 0 fully saturated rings. The Kier molecular flexibility index (Phi) is 7.95. The van der Waals surface area contributed by atoms with Gasteiger partial charge in [0.25, 0.3) is 5.91 Å². The zero-order valence-electron chi connectivity index (χ0n) is 20.5. The van der Waals surface area contributed by atoms with Crippen molar-refractivity contribution < 1.29 is 19.1 Å². The molecule has 0 bridgehead atoms. The zero-order valence-corrected chi connectivity index (χ0v) is 20.5. The van der Waals surface area contributed by atoms with Crippen LogP contribution in [0.3, 0.4) is 0 Å². The summed E-state index contributed by atoms with van der Waals surface area (Å²) in [6.45, 7) is 3.69. The smallest absolute Gasteiger partial charge is 0.329 e. The lowest BCUT2D eigenvalue weighted by Gasteiger charge is -2.18. The summed E-state index contributed by atoms with van der Waals surface area (Å²) in [6, 6.07) is 21.3. The number of aromatic nitrogens is 1. The lowest BCUT2D eigenvalue weighted by Crippen LogP contribution is -2.43. The normalized spacial score (nSPS) is 11.7. The Hall–Kier alpha value is -4.19. The molecule has 1 atom stereocenters.